The number of ether oxygens (including phenoxy) is 1. The molecule has 0 aliphatic heterocycles. The van der Waals surface area contributed by atoms with Gasteiger partial charge in [0.25, 0.3) is 0 Å². The lowest BCUT2D eigenvalue weighted by Gasteiger charge is -2.15. The van der Waals surface area contributed by atoms with Crippen LogP contribution in [0.5, 0.6) is 0 Å². The van der Waals surface area contributed by atoms with Crippen molar-refractivity contribution in [2.24, 2.45) is 0 Å². The van der Waals surface area contributed by atoms with Gasteiger partial charge in [-0.1, -0.05) is 0 Å². The second kappa shape index (κ2) is 4.15. The van der Waals surface area contributed by atoms with Crippen LogP contribution in [0.4, 0.5) is 13.2 Å². The standard InChI is InChI=1S/C9H7F3O2/c1-2-14-7-3-6(10)5(4-13)8(11)9(7)12/h3,8H,2H2,1H3. The molecule has 1 rings (SSSR count). The lowest BCUT2D eigenvalue weighted by Crippen LogP contribution is -2.14. The van der Waals surface area contributed by atoms with Crippen molar-refractivity contribution < 1.29 is 22.7 Å². The number of hydrogen-bond acceptors (Lipinski definition) is 2. The quantitative estimate of drug-likeness (QED) is 0.644. The van der Waals surface area contributed by atoms with E-state index in [-0.39, 0.29) is 6.61 Å². The maximum absolute atomic E-state index is 13.0. The molecule has 0 amide bonds. The van der Waals surface area contributed by atoms with Gasteiger partial charge in [0.05, 0.1) is 6.61 Å². The molecule has 0 aromatic heterocycles. The maximum Gasteiger partial charge on any atom is 0.193 e. The molecular weight excluding hydrogens is 197 g/mol. The molecule has 2 nitrogen and oxygen atoms in total. The van der Waals surface area contributed by atoms with E-state index >= 15 is 0 Å². The molecule has 1 aliphatic rings. The first-order valence-electron chi connectivity index (χ1n) is 3.90. The Labute approximate surface area is 78.4 Å². The molecule has 0 aromatic carbocycles. The van der Waals surface area contributed by atoms with E-state index in [4.69, 9.17) is 0 Å². The molecule has 76 valence electrons. The average Bonchev–Trinajstić information content (AvgIpc) is 2.15. The molecule has 0 spiro atoms. The summed E-state index contributed by atoms with van der Waals surface area (Å²) < 4.78 is 43.5. The summed E-state index contributed by atoms with van der Waals surface area (Å²) in [6.07, 6.45) is -1.78. The van der Waals surface area contributed by atoms with Crippen molar-refractivity contribution in [1.82, 2.24) is 0 Å². The van der Waals surface area contributed by atoms with Gasteiger partial charge in [0, 0.05) is 6.08 Å². The van der Waals surface area contributed by atoms with Crippen LogP contribution in [-0.2, 0) is 9.53 Å². The van der Waals surface area contributed by atoms with Crippen molar-refractivity contribution in [1.29, 1.82) is 0 Å². The van der Waals surface area contributed by atoms with E-state index in [0.29, 0.717) is 6.08 Å². The Morgan fingerprint density at radius 2 is 2.21 bits per heavy atom. The van der Waals surface area contributed by atoms with Crippen LogP contribution in [0.2, 0.25) is 0 Å². The highest BCUT2D eigenvalue weighted by Gasteiger charge is 2.31. The Hall–Kier alpha value is -1.48. The predicted molar refractivity (Wildman–Crippen MR) is 43.1 cm³/mol. The van der Waals surface area contributed by atoms with Gasteiger partial charge in [-0.05, 0) is 6.92 Å². The summed E-state index contributed by atoms with van der Waals surface area (Å²) in [5.74, 6) is -1.96. The van der Waals surface area contributed by atoms with Crippen molar-refractivity contribution >= 4 is 5.94 Å². The van der Waals surface area contributed by atoms with E-state index in [0.717, 1.165) is 5.94 Å². The number of alkyl halides is 1. The first kappa shape index (κ1) is 10.6. The van der Waals surface area contributed by atoms with Crippen LogP contribution in [0.3, 0.4) is 0 Å². The van der Waals surface area contributed by atoms with Gasteiger partial charge in [0.2, 0.25) is 0 Å². The van der Waals surface area contributed by atoms with E-state index in [2.05, 4.69) is 4.74 Å². The summed E-state index contributed by atoms with van der Waals surface area (Å²) in [5, 5.41) is 0. The fourth-order valence-electron chi connectivity index (χ4n) is 1.00. The lowest BCUT2D eigenvalue weighted by molar-refractivity contribution is 0.213. The zero-order valence-electron chi connectivity index (χ0n) is 7.31. The van der Waals surface area contributed by atoms with Crippen LogP contribution in [0, 0.1) is 0 Å². The second-order valence-electron chi connectivity index (χ2n) is 2.52. The van der Waals surface area contributed by atoms with Crippen molar-refractivity contribution in [2.75, 3.05) is 6.61 Å². The second-order valence-corrected chi connectivity index (χ2v) is 2.52. The number of allylic oxidation sites excluding steroid dienone is 4. The smallest absolute Gasteiger partial charge is 0.193 e. The first-order valence-corrected chi connectivity index (χ1v) is 3.90. The monoisotopic (exact) mass is 204 g/mol. The number of hydrogen-bond donors (Lipinski definition) is 0. The zero-order valence-corrected chi connectivity index (χ0v) is 7.31. The molecule has 0 aromatic rings. The van der Waals surface area contributed by atoms with Crippen LogP contribution < -0.4 is 0 Å². The van der Waals surface area contributed by atoms with Crippen molar-refractivity contribution in [3.05, 3.63) is 29.1 Å². The Morgan fingerprint density at radius 1 is 1.57 bits per heavy atom. The highest BCUT2D eigenvalue weighted by atomic mass is 19.2. The predicted octanol–water partition coefficient (Wildman–Crippen LogP) is 2.17. The molecule has 0 bridgehead atoms. The Bertz CT molecular complexity index is 351. The van der Waals surface area contributed by atoms with Gasteiger partial charge in [-0.15, -0.1) is 0 Å². The van der Waals surface area contributed by atoms with Gasteiger partial charge >= 0.3 is 0 Å². The summed E-state index contributed by atoms with van der Waals surface area (Å²) in [7, 11) is 0. The SMILES string of the molecule is CCOC1=C(F)C(F)C(=C=O)C(F)=C1. The van der Waals surface area contributed by atoms with Gasteiger partial charge in [-0.3, -0.25) is 0 Å². The first-order chi connectivity index (χ1) is 6.61. The summed E-state index contributed by atoms with van der Waals surface area (Å²) in [6, 6.07) is 0. The van der Waals surface area contributed by atoms with Crippen LogP contribution in [0.1, 0.15) is 6.92 Å². The third-order valence-electron chi connectivity index (χ3n) is 1.64. The molecular formula is C9H7F3O2. The van der Waals surface area contributed by atoms with Crippen LogP contribution in [0.25, 0.3) is 0 Å². The summed E-state index contributed by atoms with van der Waals surface area (Å²) in [5.41, 5.74) is -0.967. The van der Waals surface area contributed by atoms with E-state index < -0.39 is 29.2 Å². The topological polar surface area (TPSA) is 26.3 Å². The highest BCUT2D eigenvalue weighted by Crippen LogP contribution is 2.31. The minimum Gasteiger partial charge on any atom is -0.491 e. The van der Waals surface area contributed by atoms with Crippen LogP contribution in [0.15, 0.2) is 29.1 Å². The van der Waals surface area contributed by atoms with Crippen LogP contribution >= 0.6 is 0 Å². The van der Waals surface area contributed by atoms with Gasteiger partial charge < -0.3 is 4.74 Å². The molecule has 0 saturated heterocycles. The largest absolute Gasteiger partial charge is 0.491 e. The summed E-state index contributed by atoms with van der Waals surface area (Å²) in [6.45, 7) is 1.63. The summed E-state index contributed by atoms with van der Waals surface area (Å²) in [4.78, 5) is 10.1. The molecule has 0 saturated carbocycles. The number of halogens is 3. The highest BCUT2D eigenvalue weighted by molar-refractivity contribution is 5.65. The third-order valence-corrected chi connectivity index (χ3v) is 1.64. The van der Waals surface area contributed by atoms with Crippen molar-refractivity contribution in [2.45, 2.75) is 13.1 Å². The normalized spacial score (nSPS) is 21.9. The minimum absolute atomic E-state index is 0.0827. The van der Waals surface area contributed by atoms with Crippen LogP contribution in [-0.4, -0.2) is 18.7 Å². The van der Waals surface area contributed by atoms with E-state index in [9.17, 15) is 18.0 Å². The van der Waals surface area contributed by atoms with Crippen molar-refractivity contribution in [3.63, 3.8) is 0 Å². The lowest BCUT2D eigenvalue weighted by atomic mass is 10.0. The zero-order chi connectivity index (χ0) is 10.7. The molecule has 0 heterocycles. The third kappa shape index (κ3) is 1.72. The molecule has 0 N–H and O–H groups in total. The molecule has 1 unspecified atom stereocenters. The van der Waals surface area contributed by atoms with Gasteiger partial charge in [-0.25, -0.2) is 18.0 Å². The van der Waals surface area contributed by atoms with E-state index in [1.54, 1.807) is 6.92 Å². The maximum atomic E-state index is 13.0. The molecule has 1 atom stereocenters. The minimum atomic E-state index is -2.42. The molecule has 1 aliphatic carbocycles. The molecule has 5 heteroatoms. The number of rotatable bonds is 2. The Balaban J connectivity index is 3.12. The molecule has 0 fully saturated rings. The average molecular weight is 204 g/mol. The Kier molecular flexibility index (Phi) is 3.14. The van der Waals surface area contributed by atoms with Gasteiger partial charge in [-0.2, -0.15) is 0 Å². The molecule has 0 radical (unpaired) electrons. The van der Waals surface area contributed by atoms with Gasteiger partial charge in [0.1, 0.15) is 17.3 Å². The van der Waals surface area contributed by atoms with Gasteiger partial charge in [0.15, 0.2) is 17.8 Å². The number of carbonyl (C=O) groups excluding carboxylic acids is 1. The molecule has 14 heavy (non-hydrogen) atoms. The van der Waals surface area contributed by atoms with E-state index in [1.807, 2.05) is 0 Å². The fourth-order valence-corrected chi connectivity index (χ4v) is 1.00. The fraction of sp³-hybridized carbons (Fsp3) is 0.333. The summed E-state index contributed by atoms with van der Waals surface area (Å²) >= 11 is 0. The van der Waals surface area contributed by atoms with Crippen molar-refractivity contribution in [3.8, 4) is 0 Å². The Morgan fingerprint density at radius 3 is 2.71 bits per heavy atom. The van der Waals surface area contributed by atoms with E-state index in [1.165, 1.54) is 0 Å².